The number of ether oxygens (including phenoxy) is 1. The van der Waals surface area contributed by atoms with Crippen LogP contribution in [0.1, 0.15) is 25.0 Å². The molecule has 2 saturated heterocycles. The van der Waals surface area contributed by atoms with Gasteiger partial charge in [-0.05, 0) is 37.5 Å². The van der Waals surface area contributed by atoms with Gasteiger partial charge in [0.25, 0.3) is 10.2 Å². The molecule has 0 saturated carbocycles. The van der Waals surface area contributed by atoms with Crippen LogP contribution in [0.2, 0.25) is 5.02 Å². The Morgan fingerprint density at radius 1 is 1.00 bits per heavy atom. The fraction of sp³-hybridized carbons (Fsp3) is 0.565. The van der Waals surface area contributed by atoms with E-state index in [0.717, 1.165) is 29.9 Å². The molecule has 1 amide bonds. The van der Waals surface area contributed by atoms with Gasteiger partial charge in [0.05, 0.1) is 31.1 Å². The maximum atomic E-state index is 13.4. The van der Waals surface area contributed by atoms with Gasteiger partial charge in [-0.1, -0.05) is 23.7 Å². The van der Waals surface area contributed by atoms with Crippen LogP contribution in [0, 0.1) is 5.92 Å². The summed E-state index contributed by atoms with van der Waals surface area (Å²) in [6, 6.07) is 9.66. The average molecular weight is 508 g/mol. The first kappa shape index (κ1) is 23.7. The van der Waals surface area contributed by atoms with Crippen LogP contribution < -0.4 is 0 Å². The molecule has 5 rings (SSSR count). The number of benzene rings is 1. The molecule has 3 aliphatic heterocycles. The van der Waals surface area contributed by atoms with E-state index in [4.69, 9.17) is 21.4 Å². The third-order valence-electron chi connectivity index (χ3n) is 6.87. The highest BCUT2D eigenvalue weighted by Gasteiger charge is 2.37. The van der Waals surface area contributed by atoms with Crippen molar-refractivity contribution in [3.63, 3.8) is 0 Å². The molecular formula is C23H30ClN5O4S. The number of halogens is 1. The number of amides is 1. The van der Waals surface area contributed by atoms with Crippen LogP contribution in [0.15, 0.2) is 30.3 Å². The number of piperidine rings is 1. The topological polar surface area (TPSA) is 88.0 Å². The number of aromatic nitrogens is 2. The Kier molecular flexibility index (Phi) is 6.95. The lowest BCUT2D eigenvalue weighted by atomic mass is 9.96. The fourth-order valence-corrected chi connectivity index (χ4v) is 6.77. The Labute approximate surface area is 205 Å². The van der Waals surface area contributed by atoms with Gasteiger partial charge in [-0.15, -0.1) is 0 Å². The van der Waals surface area contributed by atoms with Crippen molar-refractivity contribution in [1.29, 1.82) is 0 Å². The first-order valence-corrected chi connectivity index (χ1v) is 13.6. The Morgan fingerprint density at radius 3 is 2.47 bits per heavy atom. The van der Waals surface area contributed by atoms with E-state index in [0.29, 0.717) is 70.3 Å². The van der Waals surface area contributed by atoms with Crippen molar-refractivity contribution in [2.75, 3.05) is 45.9 Å². The zero-order valence-electron chi connectivity index (χ0n) is 19.1. The Hall–Kier alpha value is -1.98. The van der Waals surface area contributed by atoms with Gasteiger partial charge in [-0.3, -0.25) is 9.48 Å². The molecule has 4 heterocycles. The summed E-state index contributed by atoms with van der Waals surface area (Å²) in [5.74, 6) is -0.0413. The van der Waals surface area contributed by atoms with Gasteiger partial charge in [0.15, 0.2) is 0 Å². The van der Waals surface area contributed by atoms with E-state index in [1.54, 1.807) is 0 Å². The second kappa shape index (κ2) is 9.94. The van der Waals surface area contributed by atoms with E-state index in [1.807, 2.05) is 39.9 Å². The standard InChI is InChI=1S/C23H30ClN5O4S/c24-20-4-1-3-19(15-20)22-16-21-17-26(7-2-8-29(21)25-22)23(30)18-5-9-27(10-6-18)34(31,32)28-11-13-33-14-12-28/h1,3-4,15-16,18H,2,5-14,17H2. The molecule has 9 nitrogen and oxygen atoms in total. The van der Waals surface area contributed by atoms with E-state index >= 15 is 0 Å². The van der Waals surface area contributed by atoms with Crippen LogP contribution in [0.4, 0.5) is 0 Å². The third kappa shape index (κ3) is 4.87. The zero-order chi connectivity index (χ0) is 23.7. The fourth-order valence-electron chi connectivity index (χ4n) is 4.97. The molecule has 0 radical (unpaired) electrons. The van der Waals surface area contributed by atoms with Crippen LogP contribution in [0.5, 0.6) is 0 Å². The van der Waals surface area contributed by atoms with E-state index < -0.39 is 10.2 Å². The number of nitrogens with zero attached hydrogens (tertiary/aromatic N) is 5. The van der Waals surface area contributed by atoms with Gasteiger partial charge >= 0.3 is 0 Å². The van der Waals surface area contributed by atoms with Gasteiger partial charge < -0.3 is 9.64 Å². The molecule has 0 aliphatic carbocycles. The molecule has 0 N–H and O–H groups in total. The van der Waals surface area contributed by atoms with Crippen LogP contribution >= 0.6 is 11.6 Å². The number of fused-ring (bicyclic) bond motifs is 1. The molecule has 0 atom stereocenters. The maximum Gasteiger partial charge on any atom is 0.282 e. The van der Waals surface area contributed by atoms with E-state index in [9.17, 15) is 13.2 Å². The Bertz CT molecular complexity index is 1140. The number of rotatable bonds is 4. The van der Waals surface area contributed by atoms with E-state index in [2.05, 4.69) is 0 Å². The minimum Gasteiger partial charge on any atom is -0.379 e. The largest absolute Gasteiger partial charge is 0.379 e. The molecule has 1 aromatic heterocycles. The number of carbonyl (C=O) groups is 1. The SMILES string of the molecule is O=C(C1CCN(S(=O)(=O)N2CCOCC2)CC1)N1CCCn2nc(-c3cccc(Cl)c3)cc2C1. The minimum absolute atomic E-state index is 0.113. The molecule has 184 valence electrons. The van der Waals surface area contributed by atoms with E-state index in [1.165, 1.54) is 8.61 Å². The molecule has 11 heteroatoms. The normalized spacial score (nSPS) is 21.3. The monoisotopic (exact) mass is 507 g/mol. The average Bonchev–Trinajstić information content (AvgIpc) is 3.15. The molecule has 3 aliphatic rings. The first-order valence-electron chi connectivity index (χ1n) is 11.9. The van der Waals surface area contributed by atoms with Gasteiger partial charge in [0.1, 0.15) is 0 Å². The van der Waals surface area contributed by atoms with Gasteiger partial charge in [-0.25, -0.2) is 0 Å². The number of hydrogen-bond acceptors (Lipinski definition) is 5. The highest BCUT2D eigenvalue weighted by molar-refractivity contribution is 7.86. The molecule has 34 heavy (non-hydrogen) atoms. The van der Waals surface area contributed by atoms with Crippen molar-refractivity contribution < 1.29 is 17.9 Å². The van der Waals surface area contributed by atoms with E-state index in [-0.39, 0.29) is 11.8 Å². The second-order valence-corrected chi connectivity index (χ2v) is 11.4. The predicted octanol–water partition coefficient (Wildman–Crippen LogP) is 2.22. The van der Waals surface area contributed by atoms with Crippen LogP contribution in [0.3, 0.4) is 0 Å². The molecule has 0 unspecified atom stereocenters. The van der Waals surface area contributed by atoms with Crippen molar-refractivity contribution in [1.82, 2.24) is 23.3 Å². The van der Waals surface area contributed by atoms with Crippen molar-refractivity contribution in [3.8, 4) is 11.3 Å². The summed E-state index contributed by atoms with van der Waals surface area (Å²) >= 11 is 6.14. The van der Waals surface area contributed by atoms with Crippen LogP contribution in [-0.2, 0) is 32.8 Å². The highest BCUT2D eigenvalue weighted by Crippen LogP contribution is 2.27. The minimum atomic E-state index is -3.49. The molecular weight excluding hydrogens is 478 g/mol. The lowest BCUT2D eigenvalue weighted by Gasteiger charge is -2.36. The molecule has 1 aromatic carbocycles. The van der Waals surface area contributed by atoms with Gasteiger partial charge in [0, 0.05) is 55.8 Å². The number of morpholine rings is 1. The summed E-state index contributed by atoms with van der Waals surface area (Å²) in [6.45, 7) is 4.34. The molecule has 2 fully saturated rings. The quantitative estimate of drug-likeness (QED) is 0.633. The third-order valence-corrected chi connectivity index (χ3v) is 9.14. The number of hydrogen-bond donors (Lipinski definition) is 0. The maximum absolute atomic E-state index is 13.4. The summed E-state index contributed by atoms with van der Waals surface area (Å²) < 4.78 is 36.1. The second-order valence-electron chi connectivity index (χ2n) is 9.06. The smallest absolute Gasteiger partial charge is 0.282 e. The van der Waals surface area contributed by atoms with Crippen molar-refractivity contribution in [3.05, 3.63) is 41.0 Å². The summed E-state index contributed by atoms with van der Waals surface area (Å²) in [5.41, 5.74) is 2.82. The predicted molar refractivity (Wildman–Crippen MR) is 128 cm³/mol. The Balaban J connectivity index is 1.23. The lowest BCUT2D eigenvalue weighted by molar-refractivity contribution is -0.137. The molecule has 0 spiro atoms. The van der Waals surface area contributed by atoms with Gasteiger partial charge in [-0.2, -0.15) is 22.1 Å². The summed E-state index contributed by atoms with van der Waals surface area (Å²) in [4.78, 5) is 15.3. The zero-order valence-corrected chi connectivity index (χ0v) is 20.7. The number of carbonyl (C=O) groups excluding carboxylic acids is 1. The van der Waals surface area contributed by atoms with Crippen molar-refractivity contribution >= 4 is 27.7 Å². The van der Waals surface area contributed by atoms with Crippen molar-refractivity contribution in [2.45, 2.75) is 32.4 Å². The first-order chi connectivity index (χ1) is 16.4. The summed E-state index contributed by atoms with van der Waals surface area (Å²) in [6.07, 6.45) is 1.93. The number of aryl methyl sites for hydroxylation is 1. The summed E-state index contributed by atoms with van der Waals surface area (Å²) in [5, 5.41) is 5.41. The Morgan fingerprint density at radius 2 is 1.74 bits per heavy atom. The highest BCUT2D eigenvalue weighted by atomic mass is 35.5. The van der Waals surface area contributed by atoms with Crippen LogP contribution in [0.25, 0.3) is 11.3 Å². The molecule has 0 bridgehead atoms. The lowest BCUT2D eigenvalue weighted by Crippen LogP contribution is -2.51. The summed E-state index contributed by atoms with van der Waals surface area (Å²) in [7, 11) is -3.49. The van der Waals surface area contributed by atoms with Crippen LogP contribution in [-0.4, -0.2) is 83.6 Å². The van der Waals surface area contributed by atoms with Gasteiger partial charge in [0.2, 0.25) is 5.91 Å². The van der Waals surface area contributed by atoms with Crippen molar-refractivity contribution in [2.24, 2.45) is 5.92 Å². The molecule has 2 aromatic rings.